The molecule has 1 aliphatic rings. The van der Waals surface area contributed by atoms with E-state index in [-0.39, 0.29) is 22.2 Å². The molecule has 3 aromatic rings. The lowest BCUT2D eigenvalue weighted by Crippen LogP contribution is -2.36. The zero-order chi connectivity index (χ0) is 26.5. The molecule has 0 atom stereocenters. The summed E-state index contributed by atoms with van der Waals surface area (Å²) in [6.45, 7) is -0.429. The van der Waals surface area contributed by atoms with E-state index in [4.69, 9.17) is 9.47 Å². The Labute approximate surface area is 222 Å². The number of aromatic nitrogens is 1. The van der Waals surface area contributed by atoms with Crippen LogP contribution in [-0.4, -0.2) is 45.5 Å². The molecule has 37 heavy (non-hydrogen) atoms. The van der Waals surface area contributed by atoms with E-state index in [0.717, 1.165) is 22.9 Å². The summed E-state index contributed by atoms with van der Waals surface area (Å²) in [7, 11) is 1.42. The fourth-order valence-corrected chi connectivity index (χ4v) is 4.42. The predicted octanol–water partition coefficient (Wildman–Crippen LogP) is 5.23. The number of nitrogens with one attached hydrogen (secondary N) is 1. The topological polar surface area (TPSA) is 141 Å². The summed E-state index contributed by atoms with van der Waals surface area (Å²) in [5.41, 5.74) is 0.895. The van der Waals surface area contributed by atoms with Crippen LogP contribution in [0.3, 0.4) is 0 Å². The van der Waals surface area contributed by atoms with Crippen molar-refractivity contribution in [3.05, 3.63) is 85.8 Å². The van der Waals surface area contributed by atoms with Crippen LogP contribution in [-0.2, 0) is 9.59 Å². The monoisotopic (exact) mass is 584 g/mol. The third-order valence-corrected chi connectivity index (χ3v) is 6.55. The van der Waals surface area contributed by atoms with Crippen molar-refractivity contribution in [2.24, 2.45) is 0 Å². The highest BCUT2D eigenvalue weighted by Gasteiger charge is 2.36. The standard InChI is InChI=1S/C24H17BrN4O7S/c1-35-19-10-14(6-8-18(19)36-22-9-7-15(12-26-22)29(33)34)11-20-23(31)28(24(32)37-20)13-21(30)27-17-5-3-2-4-16(17)25/h2-12H,13H2,1H3,(H,27,30)/b20-11+. The highest BCUT2D eigenvalue weighted by Crippen LogP contribution is 2.36. The molecule has 188 valence electrons. The second-order valence-corrected chi connectivity index (χ2v) is 9.27. The van der Waals surface area contributed by atoms with E-state index >= 15 is 0 Å². The van der Waals surface area contributed by atoms with Gasteiger partial charge in [-0.3, -0.25) is 29.4 Å². The molecule has 1 aliphatic heterocycles. The van der Waals surface area contributed by atoms with Gasteiger partial charge in [-0.15, -0.1) is 0 Å². The minimum absolute atomic E-state index is 0.124. The van der Waals surface area contributed by atoms with Gasteiger partial charge in [0.05, 0.1) is 22.6 Å². The van der Waals surface area contributed by atoms with E-state index in [1.807, 2.05) is 0 Å². The van der Waals surface area contributed by atoms with Crippen molar-refractivity contribution in [2.45, 2.75) is 0 Å². The Morgan fingerprint density at radius 3 is 2.65 bits per heavy atom. The summed E-state index contributed by atoms with van der Waals surface area (Å²) in [4.78, 5) is 52.8. The van der Waals surface area contributed by atoms with Gasteiger partial charge in [-0.1, -0.05) is 18.2 Å². The number of ether oxygens (including phenoxy) is 2. The molecular formula is C24H17BrN4O7S. The van der Waals surface area contributed by atoms with E-state index in [9.17, 15) is 24.5 Å². The van der Waals surface area contributed by atoms with E-state index in [0.29, 0.717) is 21.5 Å². The first kappa shape index (κ1) is 25.9. The van der Waals surface area contributed by atoms with Crippen LogP contribution in [0.4, 0.5) is 16.2 Å². The van der Waals surface area contributed by atoms with Crippen LogP contribution in [0.15, 0.2) is 70.2 Å². The van der Waals surface area contributed by atoms with Gasteiger partial charge in [0.2, 0.25) is 11.8 Å². The number of carbonyl (C=O) groups is 3. The summed E-state index contributed by atoms with van der Waals surface area (Å²) >= 11 is 4.05. The van der Waals surface area contributed by atoms with Gasteiger partial charge in [0.15, 0.2) is 11.5 Å². The Bertz CT molecular complexity index is 1430. The maximum absolute atomic E-state index is 12.8. The van der Waals surface area contributed by atoms with Gasteiger partial charge in [0.1, 0.15) is 12.7 Å². The first-order valence-corrected chi connectivity index (χ1v) is 12.1. The zero-order valence-electron chi connectivity index (χ0n) is 19.0. The Balaban J connectivity index is 1.46. The van der Waals surface area contributed by atoms with Crippen LogP contribution >= 0.6 is 27.7 Å². The molecule has 1 aromatic heterocycles. The summed E-state index contributed by atoms with van der Waals surface area (Å²) in [5.74, 6) is -0.387. The van der Waals surface area contributed by atoms with E-state index < -0.39 is 28.5 Å². The number of carbonyl (C=O) groups excluding carboxylic acids is 3. The molecular weight excluding hydrogens is 568 g/mol. The molecule has 0 aliphatic carbocycles. The summed E-state index contributed by atoms with van der Waals surface area (Å²) in [5, 5.41) is 12.9. The summed E-state index contributed by atoms with van der Waals surface area (Å²) in [6, 6.07) is 14.4. The maximum atomic E-state index is 12.8. The van der Waals surface area contributed by atoms with Crippen molar-refractivity contribution in [1.29, 1.82) is 0 Å². The second kappa shape index (κ2) is 11.2. The van der Waals surface area contributed by atoms with Gasteiger partial charge in [-0.25, -0.2) is 4.98 Å². The lowest BCUT2D eigenvalue weighted by Gasteiger charge is -2.13. The molecule has 11 nitrogen and oxygen atoms in total. The number of hydrogen-bond acceptors (Lipinski definition) is 9. The fraction of sp³-hybridized carbons (Fsp3) is 0.0833. The average Bonchev–Trinajstić information content (AvgIpc) is 3.13. The van der Waals surface area contributed by atoms with Gasteiger partial charge in [0.25, 0.3) is 16.8 Å². The van der Waals surface area contributed by atoms with Gasteiger partial charge in [-0.2, -0.15) is 0 Å². The number of pyridine rings is 1. The molecule has 1 N–H and O–H groups in total. The number of hydrogen-bond donors (Lipinski definition) is 1. The lowest BCUT2D eigenvalue weighted by molar-refractivity contribution is -0.385. The molecule has 13 heteroatoms. The van der Waals surface area contributed by atoms with Crippen LogP contribution in [0.5, 0.6) is 17.4 Å². The van der Waals surface area contributed by atoms with Crippen molar-refractivity contribution in [2.75, 3.05) is 19.0 Å². The molecule has 4 rings (SSSR count). The largest absolute Gasteiger partial charge is 0.493 e. The van der Waals surface area contributed by atoms with Crippen LogP contribution in [0, 0.1) is 10.1 Å². The number of nitro groups is 1. The average molecular weight is 585 g/mol. The molecule has 0 spiro atoms. The van der Waals surface area contributed by atoms with Gasteiger partial charge in [-0.05, 0) is 63.6 Å². The minimum Gasteiger partial charge on any atom is -0.493 e. The van der Waals surface area contributed by atoms with Crippen LogP contribution < -0.4 is 14.8 Å². The highest BCUT2D eigenvalue weighted by atomic mass is 79.9. The van der Waals surface area contributed by atoms with E-state index in [2.05, 4.69) is 26.2 Å². The third kappa shape index (κ3) is 6.13. The van der Waals surface area contributed by atoms with Crippen molar-refractivity contribution >= 4 is 62.2 Å². The van der Waals surface area contributed by atoms with Gasteiger partial charge < -0.3 is 14.8 Å². The quantitative estimate of drug-likeness (QED) is 0.214. The fourth-order valence-electron chi connectivity index (χ4n) is 3.20. The molecule has 3 amide bonds. The minimum atomic E-state index is -0.591. The molecule has 2 heterocycles. The SMILES string of the molecule is COc1cc(/C=C2/SC(=O)N(CC(=O)Nc3ccccc3Br)C2=O)ccc1Oc1ccc([N+](=O)[O-])cn1. The molecule has 0 bridgehead atoms. The number of anilines is 1. The smallest absolute Gasteiger partial charge is 0.294 e. The van der Waals surface area contributed by atoms with Gasteiger partial charge in [0, 0.05) is 16.6 Å². The van der Waals surface area contributed by atoms with Crippen LogP contribution in [0.25, 0.3) is 6.08 Å². The van der Waals surface area contributed by atoms with Crippen molar-refractivity contribution in [1.82, 2.24) is 9.88 Å². The number of amides is 3. The number of benzene rings is 2. The van der Waals surface area contributed by atoms with Crippen LogP contribution in [0.2, 0.25) is 0 Å². The Hall–Kier alpha value is -4.23. The first-order valence-electron chi connectivity index (χ1n) is 10.5. The number of imide groups is 1. The summed E-state index contributed by atoms with van der Waals surface area (Å²) in [6.07, 6.45) is 2.58. The predicted molar refractivity (Wildman–Crippen MR) is 139 cm³/mol. The molecule has 0 saturated carbocycles. The number of halogens is 1. The number of nitrogens with zero attached hydrogens (tertiary/aromatic N) is 3. The van der Waals surface area contributed by atoms with Crippen molar-refractivity contribution < 1.29 is 28.8 Å². The zero-order valence-corrected chi connectivity index (χ0v) is 21.4. The summed E-state index contributed by atoms with van der Waals surface area (Å²) < 4.78 is 11.7. The Morgan fingerprint density at radius 1 is 1.19 bits per heavy atom. The van der Waals surface area contributed by atoms with Crippen molar-refractivity contribution in [3.8, 4) is 17.4 Å². The number of rotatable bonds is 8. The maximum Gasteiger partial charge on any atom is 0.294 e. The lowest BCUT2D eigenvalue weighted by atomic mass is 10.2. The van der Waals surface area contributed by atoms with Gasteiger partial charge >= 0.3 is 0 Å². The Kier molecular flexibility index (Phi) is 7.84. The van der Waals surface area contributed by atoms with E-state index in [1.54, 1.807) is 42.5 Å². The highest BCUT2D eigenvalue weighted by molar-refractivity contribution is 9.10. The molecule has 1 fully saturated rings. The second-order valence-electron chi connectivity index (χ2n) is 7.42. The molecule has 0 radical (unpaired) electrons. The molecule has 1 saturated heterocycles. The van der Waals surface area contributed by atoms with E-state index in [1.165, 1.54) is 25.3 Å². The first-order chi connectivity index (χ1) is 17.7. The number of methoxy groups -OCH3 is 1. The Morgan fingerprint density at radius 2 is 1.97 bits per heavy atom. The van der Waals surface area contributed by atoms with Crippen LogP contribution in [0.1, 0.15) is 5.56 Å². The van der Waals surface area contributed by atoms with Crippen molar-refractivity contribution in [3.63, 3.8) is 0 Å². The normalized spacial score (nSPS) is 14.1. The number of thioether (sulfide) groups is 1. The number of para-hydroxylation sites is 1. The third-order valence-electron chi connectivity index (χ3n) is 4.95. The molecule has 0 unspecified atom stereocenters. The molecule has 2 aromatic carbocycles.